The molecule has 2 aromatic carbocycles. The Morgan fingerprint density at radius 2 is 0.902 bits per heavy atom. The Morgan fingerprint density at radius 3 is 1.41 bits per heavy atom. The zero-order valence-corrected chi connectivity index (χ0v) is 35.6. The van der Waals surface area contributed by atoms with Crippen LogP contribution in [-0.4, -0.2) is 4.70 Å². The molecule has 0 saturated heterocycles. The molecule has 1 aliphatic heterocycles. The topological polar surface area (TPSA) is 25.3 Å². The molecule has 2 nitrogen and oxygen atoms in total. The third kappa shape index (κ3) is 19.7. The SMILES string of the molecule is CCCCCCCCc1cccc(C2=CC(CCCC)=C(c3cccc(CCCCCCCC)c3)[N+]2=[N-])c1.CCCCC[CH2][Pd][CH2]CCCCC. The van der Waals surface area contributed by atoms with Crippen molar-refractivity contribution in [1.82, 2.24) is 0 Å². The average Bonchev–Trinajstić information content (AvgIpc) is 3.49. The first-order valence-electron chi connectivity index (χ1n) is 21.7. The van der Waals surface area contributed by atoms with Gasteiger partial charge < -0.3 is 5.53 Å². The van der Waals surface area contributed by atoms with Crippen molar-refractivity contribution < 1.29 is 22.7 Å². The van der Waals surface area contributed by atoms with E-state index in [1.165, 1.54) is 160 Å². The number of hydrogen-bond acceptors (Lipinski definition) is 0. The van der Waals surface area contributed by atoms with Gasteiger partial charge in [0.15, 0.2) is 0 Å². The van der Waals surface area contributed by atoms with E-state index in [1.54, 1.807) is 0 Å². The molecule has 0 spiro atoms. The van der Waals surface area contributed by atoms with Crippen LogP contribution in [0.1, 0.15) is 205 Å². The first-order chi connectivity index (χ1) is 25.1. The number of unbranched alkanes of at least 4 members (excludes halogenated alkanes) is 17. The van der Waals surface area contributed by atoms with Gasteiger partial charge in [0.05, 0.1) is 0 Å². The van der Waals surface area contributed by atoms with Gasteiger partial charge in [0, 0.05) is 22.8 Å². The van der Waals surface area contributed by atoms with Crippen LogP contribution in [0.25, 0.3) is 16.9 Å². The molecule has 0 amide bonds. The molecule has 0 fully saturated rings. The van der Waals surface area contributed by atoms with Crippen molar-refractivity contribution in [3.63, 3.8) is 0 Å². The fraction of sp³-hybridized carbons (Fsp3) is 0.667. The summed E-state index contributed by atoms with van der Waals surface area (Å²) in [5, 5.41) is 0. The fourth-order valence-electron chi connectivity index (χ4n) is 6.85. The van der Waals surface area contributed by atoms with E-state index in [4.69, 9.17) is 0 Å². The van der Waals surface area contributed by atoms with Gasteiger partial charge in [-0.1, -0.05) is 116 Å². The predicted octanol–water partition coefficient (Wildman–Crippen LogP) is 16.5. The van der Waals surface area contributed by atoms with E-state index in [0.717, 1.165) is 72.6 Å². The Hall–Kier alpha value is -1.82. The number of rotatable bonds is 29. The van der Waals surface area contributed by atoms with E-state index >= 15 is 0 Å². The first-order valence-corrected chi connectivity index (χ1v) is 23.9. The molecule has 290 valence electrons. The maximum absolute atomic E-state index is 11.5. The van der Waals surface area contributed by atoms with Crippen LogP contribution in [0.3, 0.4) is 0 Å². The van der Waals surface area contributed by atoms with Crippen LogP contribution >= 0.6 is 0 Å². The van der Waals surface area contributed by atoms with E-state index in [2.05, 4.69) is 89.2 Å². The van der Waals surface area contributed by atoms with Crippen molar-refractivity contribution in [2.75, 3.05) is 0 Å². The number of aryl methyl sites for hydroxylation is 2. The summed E-state index contributed by atoms with van der Waals surface area (Å²) in [6, 6.07) is 17.7. The number of benzene rings is 2. The molecule has 0 N–H and O–H groups in total. The molecule has 51 heavy (non-hydrogen) atoms. The third-order valence-electron chi connectivity index (χ3n) is 10.1. The van der Waals surface area contributed by atoms with Crippen LogP contribution < -0.4 is 0 Å². The van der Waals surface area contributed by atoms with Crippen molar-refractivity contribution in [3.8, 4) is 0 Å². The summed E-state index contributed by atoms with van der Waals surface area (Å²) in [7, 11) is 0. The Kier molecular flexibility index (Phi) is 27.2. The number of allylic oxidation sites excluding steroid dienone is 2. The summed E-state index contributed by atoms with van der Waals surface area (Å²) in [5.41, 5.74) is 19.6. The third-order valence-corrected chi connectivity index (χ3v) is 12.3. The predicted molar refractivity (Wildman–Crippen MR) is 223 cm³/mol. The van der Waals surface area contributed by atoms with E-state index in [1.807, 2.05) is 0 Å². The van der Waals surface area contributed by atoms with E-state index in [0.29, 0.717) is 0 Å². The molecule has 0 aliphatic carbocycles. The van der Waals surface area contributed by atoms with Gasteiger partial charge in [-0.15, -0.1) is 0 Å². The first kappa shape index (κ1) is 45.3. The van der Waals surface area contributed by atoms with Gasteiger partial charge in [-0.05, 0) is 73.9 Å². The van der Waals surface area contributed by atoms with Crippen molar-refractivity contribution in [2.45, 2.75) is 205 Å². The minimum atomic E-state index is 0.914. The van der Waals surface area contributed by atoms with Crippen molar-refractivity contribution >= 4 is 11.4 Å². The van der Waals surface area contributed by atoms with Crippen molar-refractivity contribution in [2.24, 2.45) is 0 Å². The van der Waals surface area contributed by atoms with Gasteiger partial charge in [-0.2, -0.15) is 0 Å². The summed E-state index contributed by atoms with van der Waals surface area (Å²) < 4.78 is 1.47. The summed E-state index contributed by atoms with van der Waals surface area (Å²) in [6.45, 7) is 11.4. The Labute approximate surface area is 325 Å². The van der Waals surface area contributed by atoms with Crippen LogP contribution in [0.5, 0.6) is 0 Å². The van der Waals surface area contributed by atoms with E-state index < -0.39 is 0 Å². The van der Waals surface area contributed by atoms with E-state index in [9.17, 15) is 5.53 Å². The molecule has 3 heteroatoms. The van der Waals surface area contributed by atoms with Crippen LogP contribution in [0, 0.1) is 0 Å². The van der Waals surface area contributed by atoms with E-state index in [-0.39, 0.29) is 0 Å². The molecule has 2 aromatic rings. The van der Waals surface area contributed by atoms with Crippen molar-refractivity contribution in [1.29, 1.82) is 0 Å². The second kappa shape index (κ2) is 30.6. The second-order valence-corrected chi connectivity index (χ2v) is 17.2. The van der Waals surface area contributed by atoms with Gasteiger partial charge >= 0.3 is 93.0 Å². The molecule has 0 radical (unpaired) electrons. The summed E-state index contributed by atoms with van der Waals surface area (Å²) in [5.74, 6) is 0. The minimum absolute atomic E-state index is 0.914. The molecule has 0 atom stereocenters. The normalized spacial score (nSPS) is 12.8. The second-order valence-electron chi connectivity index (χ2n) is 14.9. The van der Waals surface area contributed by atoms with Gasteiger partial charge in [0.1, 0.15) is 0 Å². The molecule has 0 aromatic heterocycles. The van der Waals surface area contributed by atoms with Gasteiger partial charge in [-0.3, -0.25) is 0 Å². The molecule has 0 unspecified atom stereocenters. The van der Waals surface area contributed by atoms with Crippen LogP contribution in [0.15, 0.2) is 60.2 Å². The van der Waals surface area contributed by atoms with Crippen LogP contribution in [0.2, 0.25) is 9.79 Å². The maximum atomic E-state index is 11.5. The molecule has 0 bridgehead atoms. The zero-order chi connectivity index (χ0) is 36.8. The average molecular weight is 790 g/mol. The molecular weight excluding hydrogens is 711 g/mol. The monoisotopic (exact) mass is 789 g/mol. The molecule has 1 heterocycles. The summed E-state index contributed by atoms with van der Waals surface area (Å²) in [4.78, 5) is 3.06. The zero-order valence-electron chi connectivity index (χ0n) is 34.0. The summed E-state index contributed by atoms with van der Waals surface area (Å²) in [6.07, 6.45) is 35.1. The Morgan fingerprint density at radius 1 is 0.471 bits per heavy atom. The number of nitrogens with zero attached hydrogens (tertiary/aromatic N) is 2. The number of hydrogen-bond donors (Lipinski definition) is 0. The van der Waals surface area contributed by atoms with Crippen LogP contribution in [0.4, 0.5) is 0 Å². The Balaban J connectivity index is 0.000000588. The van der Waals surface area contributed by atoms with Crippen molar-refractivity contribution in [3.05, 3.63) is 88.0 Å². The molecule has 1 aliphatic rings. The van der Waals surface area contributed by atoms with Gasteiger partial charge in [-0.25, -0.2) is 4.70 Å². The van der Waals surface area contributed by atoms with Gasteiger partial charge in [0.2, 0.25) is 11.4 Å². The molecular formula is C48H78N2Pd. The van der Waals surface area contributed by atoms with Gasteiger partial charge in [0.25, 0.3) is 0 Å². The molecule has 0 saturated carbocycles. The Bertz CT molecular complexity index is 1230. The standard InChI is InChI=1S/C36H52N2.2C6H13.Pd/c1-4-7-10-12-14-16-20-30-22-18-25-32(27-30)35-29-34(24-9-6-3)36(38(35)37)33-26-19-23-31(28-33)21-17-15-13-11-8-5-2;2*1-3-5-6-4-2;/h18-19,22-23,25-29H,4-17,20-21,24H2,1-3H3;2*1,3-6H2,2H3;. The quantitative estimate of drug-likeness (QED) is 0.0446. The summed E-state index contributed by atoms with van der Waals surface area (Å²) >= 11 is 1.07. The van der Waals surface area contributed by atoms with Crippen LogP contribution in [-0.2, 0) is 30.8 Å². The fourth-order valence-corrected chi connectivity index (χ4v) is 8.79. The molecule has 3 rings (SSSR count).